The van der Waals surface area contributed by atoms with Crippen LogP contribution in [0.2, 0.25) is 0 Å². The molecular weight excluding hydrogens is 606 g/mol. The number of carbonyl (C=O) groups excluding carboxylic acids is 4. The molecule has 0 aromatic heterocycles. The highest BCUT2D eigenvalue weighted by Crippen LogP contribution is 2.46. The molecule has 0 aliphatic carbocycles. The number of fused-ring (bicyclic) bond motifs is 3. The van der Waals surface area contributed by atoms with E-state index in [-0.39, 0.29) is 56.6 Å². The molecule has 2 N–H and O–H groups in total. The summed E-state index contributed by atoms with van der Waals surface area (Å²) in [7, 11) is 2.97. The van der Waals surface area contributed by atoms with E-state index in [0.29, 0.717) is 34.9 Å². The van der Waals surface area contributed by atoms with Gasteiger partial charge in [0.1, 0.15) is 12.3 Å². The number of carbonyl (C=O) groups is 4. The molecular formula is C35H39N3O9. The van der Waals surface area contributed by atoms with Crippen molar-refractivity contribution in [2.24, 2.45) is 0 Å². The molecule has 3 aromatic rings. The minimum atomic E-state index is -0.845. The van der Waals surface area contributed by atoms with Gasteiger partial charge >= 0.3 is 5.97 Å². The second-order valence-electron chi connectivity index (χ2n) is 11.2. The number of ether oxygens (including phenoxy) is 4. The zero-order valence-corrected chi connectivity index (χ0v) is 26.6. The van der Waals surface area contributed by atoms with E-state index in [2.05, 4.69) is 5.32 Å². The normalized spacial score (nSPS) is 18.2. The van der Waals surface area contributed by atoms with E-state index in [1.54, 1.807) is 48.2 Å². The second kappa shape index (κ2) is 15.0. The van der Waals surface area contributed by atoms with Gasteiger partial charge in [-0.05, 0) is 48.9 Å². The van der Waals surface area contributed by atoms with Crippen LogP contribution in [0.5, 0.6) is 17.2 Å². The van der Waals surface area contributed by atoms with E-state index in [0.717, 1.165) is 5.56 Å². The molecule has 3 aromatic carbocycles. The van der Waals surface area contributed by atoms with Crippen molar-refractivity contribution < 1.29 is 43.2 Å². The molecule has 2 aliphatic rings. The summed E-state index contributed by atoms with van der Waals surface area (Å²) in [5.41, 5.74) is 2.17. The largest absolute Gasteiger partial charge is 0.493 e. The number of esters is 1. The molecule has 47 heavy (non-hydrogen) atoms. The smallest absolute Gasteiger partial charge is 0.307 e. The maximum Gasteiger partial charge on any atom is 0.307 e. The summed E-state index contributed by atoms with van der Waals surface area (Å²) in [4.78, 5) is 57.7. The number of anilines is 1. The van der Waals surface area contributed by atoms with Crippen LogP contribution in [0.15, 0.2) is 66.7 Å². The molecule has 0 spiro atoms. The zero-order valence-electron chi connectivity index (χ0n) is 26.6. The van der Waals surface area contributed by atoms with Crippen LogP contribution in [0.1, 0.15) is 47.3 Å². The molecule has 3 amide bonds. The number of methoxy groups -OCH3 is 2. The SMILES string of the molecule is CCOC(=O)CC1[C@@H]2[C@@H](NC(=O)c3ccc(OC)c(OC)c3)c3cc(OCCCO)ccc3N2C(=O)CN1C(=O)Cc1ccccc1. The van der Waals surface area contributed by atoms with Gasteiger partial charge < -0.3 is 39.2 Å². The van der Waals surface area contributed by atoms with Crippen molar-refractivity contribution >= 4 is 29.4 Å². The Morgan fingerprint density at radius 3 is 2.45 bits per heavy atom. The van der Waals surface area contributed by atoms with Crippen molar-refractivity contribution in [2.75, 3.05) is 45.5 Å². The van der Waals surface area contributed by atoms with Crippen LogP contribution in [0.25, 0.3) is 0 Å². The Morgan fingerprint density at radius 2 is 1.74 bits per heavy atom. The van der Waals surface area contributed by atoms with Gasteiger partial charge in [-0.1, -0.05) is 30.3 Å². The first-order valence-electron chi connectivity index (χ1n) is 15.5. The molecule has 0 radical (unpaired) electrons. The molecule has 5 rings (SSSR count). The Hall–Kier alpha value is -5.10. The number of rotatable bonds is 13. The van der Waals surface area contributed by atoms with Crippen LogP contribution in [0.3, 0.4) is 0 Å². The van der Waals surface area contributed by atoms with Gasteiger partial charge in [0.15, 0.2) is 11.5 Å². The van der Waals surface area contributed by atoms with Crippen molar-refractivity contribution in [3.05, 3.63) is 83.4 Å². The Bertz CT molecular complexity index is 1610. The predicted octanol–water partition coefficient (Wildman–Crippen LogP) is 3.06. The lowest BCUT2D eigenvalue weighted by molar-refractivity contribution is -0.149. The Labute approximate surface area is 273 Å². The first-order chi connectivity index (χ1) is 22.8. The fraction of sp³-hybridized carbons (Fsp3) is 0.371. The molecule has 1 saturated heterocycles. The Kier molecular flexibility index (Phi) is 10.6. The molecule has 3 atom stereocenters. The third-order valence-electron chi connectivity index (χ3n) is 8.31. The lowest BCUT2D eigenvalue weighted by Gasteiger charge is -2.45. The van der Waals surface area contributed by atoms with Crippen LogP contribution in [0, 0.1) is 0 Å². The summed E-state index contributed by atoms with van der Waals surface area (Å²) in [6.07, 6.45) is 0.252. The summed E-state index contributed by atoms with van der Waals surface area (Å²) < 4.78 is 21.9. The van der Waals surface area contributed by atoms with Crippen LogP contribution in [-0.4, -0.2) is 86.4 Å². The number of hydrogen-bond acceptors (Lipinski definition) is 9. The summed E-state index contributed by atoms with van der Waals surface area (Å²) in [5, 5.41) is 12.3. The number of nitrogens with one attached hydrogen (secondary N) is 1. The number of aliphatic hydroxyl groups excluding tert-OH is 1. The van der Waals surface area contributed by atoms with Gasteiger partial charge in [0.25, 0.3) is 5.91 Å². The summed E-state index contributed by atoms with van der Waals surface area (Å²) >= 11 is 0. The number of nitrogens with zero attached hydrogens (tertiary/aromatic N) is 2. The van der Waals surface area contributed by atoms with Crippen LogP contribution >= 0.6 is 0 Å². The van der Waals surface area contributed by atoms with Gasteiger partial charge in [-0.15, -0.1) is 0 Å². The lowest BCUT2D eigenvalue weighted by Crippen LogP contribution is -2.65. The first kappa shape index (κ1) is 33.3. The third-order valence-corrected chi connectivity index (χ3v) is 8.31. The average Bonchev–Trinajstić information content (AvgIpc) is 3.40. The number of piperazine rings is 1. The number of aliphatic hydroxyl groups is 1. The van der Waals surface area contributed by atoms with Crippen molar-refractivity contribution in [3.63, 3.8) is 0 Å². The molecule has 0 bridgehead atoms. The minimum absolute atomic E-state index is 0.0264. The highest BCUT2D eigenvalue weighted by atomic mass is 16.5. The number of hydrogen-bond donors (Lipinski definition) is 2. The molecule has 1 unspecified atom stereocenters. The molecule has 2 aliphatic heterocycles. The fourth-order valence-electron chi connectivity index (χ4n) is 6.19. The van der Waals surface area contributed by atoms with E-state index in [4.69, 9.17) is 18.9 Å². The van der Waals surface area contributed by atoms with E-state index in [1.807, 2.05) is 30.3 Å². The van der Waals surface area contributed by atoms with E-state index in [9.17, 15) is 24.3 Å². The van der Waals surface area contributed by atoms with Crippen LogP contribution in [0.4, 0.5) is 5.69 Å². The number of benzene rings is 3. The maximum absolute atomic E-state index is 13.9. The third kappa shape index (κ3) is 7.17. The van der Waals surface area contributed by atoms with E-state index in [1.165, 1.54) is 19.1 Å². The quantitative estimate of drug-likeness (QED) is 0.212. The van der Waals surface area contributed by atoms with Crippen LogP contribution in [-0.2, 0) is 25.5 Å². The van der Waals surface area contributed by atoms with E-state index < -0.39 is 30.0 Å². The first-order valence-corrected chi connectivity index (χ1v) is 15.5. The van der Waals surface area contributed by atoms with Gasteiger partial charge in [0, 0.05) is 29.8 Å². The van der Waals surface area contributed by atoms with Gasteiger partial charge in [-0.2, -0.15) is 0 Å². The average molecular weight is 646 g/mol. The topological polar surface area (TPSA) is 144 Å². The van der Waals surface area contributed by atoms with Crippen molar-refractivity contribution in [1.29, 1.82) is 0 Å². The predicted molar refractivity (Wildman–Crippen MR) is 172 cm³/mol. The number of amides is 3. The van der Waals surface area contributed by atoms with Gasteiger partial charge in [-0.25, -0.2) is 0 Å². The van der Waals surface area contributed by atoms with Crippen LogP contribution < -0.4 is 24.4 Å². The fourth-order valence-corrected chi connectivity index (χ4v) is 6.19. The maximum atomic E-state index is 13.9. The zero-order chi connectivity index (χ0) is 33.5. The van der Waals surface area contributed by atoms with Gasteiger partial charge in [0.2, 0.25) is 11.8 Å². The molecule has 1 fully saturated rings. The Morgan fingerprint density at radius 1 is 0.979 bits per heavy atom. The highest BCUT2D eigenvalue weighted by Gasteiger charge is 2.53. The van der Waals surface area contributed by atoms with Gasteiger partial charge in [0.05, 0.1) is 58.4 Å². The second-order valence-corrected chi connectivity index (χ2v) is 11.2. The summed E-state index contributed by atoms with van der Waals surface area (Å²) in [6.45, 7) is 1.81. The van der Waals surface area contributed by atoms with Crippen molar-refractivity contribution in [2.45, 2.75) is 44.3 Å². The molecule has 12 nitrogen and oxygen atoms in total. The van der Waals surface area contributed by atoms with Crippen molar-refractivity contribution in [3.8, 4) is 17.2 Å². The van der Waals surface area contributed by atoms with Crippen molar-refractivity contribution in [1.82, 2.24) is 10.2 Å². The monoisotopic (exact) mass is 645 g/mol. The lowest BCUT2D eigenvalue weighted by atomic mass is 9.91. The minimum Gasteiger partial charge on any atom is -0.493 e. The van der Waals surface area contributed by atoms with E-state index >= 15 is 0 Å². The van der Waals surface area contributed by atoms with Gasteiger partial charge in [-0.3, -0.25) is 19.2 Å². The summed E-state index contributed by atoms with van der Waals surface area (Å²) in [6, 6.07) is 16.6. The highest BCUT2D eigenvalue weighted by molar-refractivity contribution is 6.03. The Balaban J connectivity index is 1.57. The molecule has 2 heterocycles. The molecule has 248 valence electrons. The standard InChI is InChI=1S/C35H39N3O9/c1-4-46-32(42)20-27-34-33(36-35(43)23-11-14-28(44-2)29(18-23)45-3)25-19-24(47-16-8-15-39)12-13-26(25)38(34)31(41)21-37(27)30(40)17-22-9-6-5-7-10-22/h5-7,9-14,18-19,27,33-34,39H,4,8,15-17,20-21H2,1-3H3,(H,36,43)/t27?,33-,34+/m0/s1. The summed E-state index contributed by atoms with van der Waals surface area (Å²) in [5.74, 6) is -0.385. The molecule has 12 heteroatoms. The molecule has 0 saturated carbocycles.